The van der Waals surface area contributed by atoms with Crippen LogP contribution >= 0.6 is 0 Å². The summed E-state index contributed by atoms with van der Waals surface area (Å²) in [5.74, 6) is -0.675. The standard InChI is InChI=1S/C10H11FO4/c1-5(12)2-6-9(13)7(11)3-8-10(6)15-4-14-8/h3,5,12-13H,2,4H2,1H3. The Balaban J connectivity index is 2.50. The predicted molar refractivity (Wildman–Crippen MR) is 49.6 cm³/mol. The third-order valence-electron chi connectivity index (χ3n) is 2.18. The molecule has 0 spiro atoms. The van der Waals surface area contributed by atoms with E-state index in [2.05, 4.69) is 0 Å². The van der Waals surface area contributed by atoms with Gasteiger partial charge in [0.05, 0.1) is 6.10 Å². The van der Waals surface area contributed by atoms with Gasteiger partial charge < -0.3 is 19.7 Å². The van der Waals surface area contributed by atoms with Crippen LogP contribution in [0.3, 0.4) is 0 Å². The van der Waals surface area contributed by atoms with E-state index >= 15 is 0 Å². The number of ether oxygens (including phenoxy) is 2. The van der Waals surface area contributed by atoms with E-state index in [-0.39, 0.29) is 24.5 Å². The van der Waals surface area contributed by atoms with Gasteiger partial charge in [-0.25, -0.2) is 4.39 Å². The van der Waals surface area contributed by atoms with Gasteiger partial charge in [-0.2, -0.15) is 0 Å². The smallest absolute Gasteiger partial charge is 0.231 e. The fraction of sp³-hybridized carbons (Fsp3) is 0.400. The van der Waals surface area contributed by atoms with Gasteiger partial charge in [-0.1, -0.05) is 0 Å². The first-order valence-corrected chi connectivity index (χ1v) is 4.57. The molecule has 5 heteroatoms. The summed E-state index contributed by atoms with van der Waals surface area (Å²) in [6, 6.07) is 1.07. The maximum Gasteiger partial charge on any atom is 0.231 e. The monoisotopic (exact) mass is 214 g/mol. The minimum Gasteiger partial charge on any atom is -0.505 e. The van der Waals surface area contributed by atoms with Crippen LogP contribution in [0.2, 0.25) is 0 Å². The fourth-order valence-corrected chi connectivity index (χ4v) is 1.55. The SMILES string of the molecule is CC(O)Cc1c(O)c(F)cc2c1OCO2. The lowest BCUT2D eigenvalue weighted by Crippen LogP contribution is -2.06. The molecule has 0 aromatic heterocycles. The quantitative estimate of drug-likeness (QED) is 0.776. The Kier molecular flexibility index (Phi) is 2.40. The lowest BCUT2D eigenvalue weighted by atomic mass is 10.1. The number of phenols is 1. The molecule has 1 atom stereocenters. The van der Waals surface area contributed by atoms with Crippen molar-refractivity contribution >= 4 is 0 Å². The van der Waals surface area contributed by atoms with Gasteiger partial charge in [0, 0.05) is 18.1 Å². The zero-order valence-corrected chi connectivity index (χ0v) is 8.16. The second-order valence-corrected chi connectivity index (χ2v) is 3.47. The number of aliphatic hydroxyl groups is 1. The summed E-state index contributed by atoms with van der Waals surface area (Å²) in [7, 11) is 0. The second-order valence-electron chi connectivity index (χ2n) is 3.47. The van der Waals surface area contributed by atoms with E-state index in [1.54, 1.807) is 6.92 Å². The fourth-order valence-electron chi connectivity index (χ4n) is 1.55. The van der Waals surface area contributed by atoms with E-state index in [9.17, 15) is 14.6 Å². The molecule has 0 radical (unpaired) electrons. The summed E-state index contributed by atoms with van der Waals surface area (Å²) in [5.41, 5.74) is 0.248. The highest BCUT2D eigenvalue weighted by molar-refractivity contribution is 5.55. The average Bonchev–Trinajstić information content (AvgIpc) is 2.59. The number of benzene rings is 1. The van der Waals surface area contributed by atoms with Crippen LogP contribution in [0.4, 0.5) is 4.39 Å². The summed E-state index contributed by atoms with van der Waals surface area (Å²) in [6.07, 6.45) is -0.569. The Labute approximate surface area is 85.9 Å². The third-order valence-corrected chi connectivity index (χ3v) is 2.18. The molecule has 1 heterocycles. The highest BCUT2D eigenvalue weighted by atomic mass is 19.1. The van der Waals surface area contributed by atoms with Crippen LogP contribution in [-0.2, 0) is 6.42 Å². The summed E-state index contributed by atoms with van der Waals surface area (Å²) >= 11 is 0. The Morgan fingerprint density at radius 2 is 2.27 bits per heavy atom. The third kappa shape index (κ3) is 1.70. The summed E-state index contributed by atoms with van der Waals surface area (Å²) in [5, 5.41) is 18.7. The molecule has 0 saturated carbocycles. The van der Waals surface area contributed by atoms with Gasteiger partial charge in [0.1, 0.15) is 0 Å². The molecule has 82 valence electrons. The predicted octanol–water partition coefficient (Wildman–Crippen LogP) is 1.18. The molecule has 15 heavy (non-hydrogen) atoms. The van der Waals surface area contributed by atoms with Gasteiger partial charge in [-0.15, -0.1) is 0 Å². The van der Waals surface area contributed by atoms with Crippen molar-refractivity contribution < 1.29 is 24.1 Å². The largest absolute Gasteiger partial charge is 0.505 e. The number of hydrogen-bond acceptors (Lipinski definition) is 4. The molecule has 1 aliphatic rings. The number of phenolic OH excluding ortho intramolecular Hbond substituents is 1. The average molecular weight is 214 g/mol. The van der Waals surface area contributed by atoms with Crippen molar-refractivity contribution in [2.24, 2.45) is 0 Å². The van der Waals surface area contributed by atoms with Crippen LogP contribution < -0.4 is 9.47 Å². The summed E-state index contributed by atoms with van der Waals surface area (Å²) < 4.78 is 23.3. The van der Waals surface area contributed by atoms with Crippen LogP contribution in [0.15, 0.2) is 6.07 Å². The lowest BCUT2D eigenvalue weighted by molar-refractivity contribution is 0.169. The van der Waals surface area contributed by atoms with E-state index in [1.165, 1.54) is 0 Å². The number of halogens is 1. The summed E-state index contributed by atoms with van der Waals surface area (Å²) in [4.78, 5) is 0. The molecule has 1 aliphatic heterocycles. The van der Waals surface area contributed by atoms with Crippen molar-refractivity contribution in [1.82, 2.24) is 0 Å². The van der Waals surface area contributed by atoms with Crippen LogP contribution in [0.5, 0.6) is 17.2 Å². The molecule has 0 fully saturated rings. The van der Waals surface area contributed by atoms with Gasteiger partial charge >= 0.3 is 0 Å². The van der Waals surface area contributed by atoms with Crippen molar-refractivity contribution in [3.05, 3.63) is 17.4 Å². The molecule has 0 amide bonds. The van der Waals surface area contributed by atoms with Gasteiger partial charge in [0.15, 0.2) is 23.1 Å². The van der Waals surface area contributed by atoms with Gasteiger partial charge in [0.2, 0.25) is 6.79 Å². The number of rotatable bonds is 2. The Morgan fingerprint density at radius 1 is 1.53 bits per heavy atom. The van der Waals surface area contributed by atoms with E-state index in [4.69, 9.17) is 9.47 Å². The molecule has 2 N–H and O–H groups in total. The molecule has 0 aliphatic carbocycles. The van der Waals surface area contributed by atoms with E-state index in [0.717, 1.165) is 6.07 Å². The maximum absolute atomic E-state index is 13.2. The van der Waals surface area contributed by atoms with Crippen molar-refractivity contribution in [1.29, 1.82) is 0 Å². The molecule has 1 unspecified atom stereocenters. The normalized spacial score (nSPS) is 15.4. The molecule has 1 aromatic carbocycles. The molecule has 0 bridgehead atoms. The maximum atomic E-state index is 13.2. The first kappa shape index (κ1) is 10.0. The number of hydrogen-bond donors (Lipinski definition) is 2. The van der Waals surface area contributed by atoms with Crippen molar-refractivity contribution in [3.8, 4) is 17.2 Å². The molecular weight excluding hydrogens is 203 g/mol. The topological polar surface area (TPSA) is 58.9 Å². The van der Waals surface area contributed by atoms with Gasteiger partial charge in [-0.05, 0) is 6.92 Å². The molecule has 1 aromatic rings. The second kappa shape index (κ2) is 3.58. The highest BCUT2D eigenvalue weighted by Crippen LogP contribution is 2.42. The van der Waals surface area contributed by atoms with Crippen molar-refractivity contribution in [3.63, 3.8) is 0 Å². The van der Waals surface area contributed by atoms with Crippen molar-refractivity contribution in [2.45, 2.75) is 19.4 Å². The summed E-state index contributed by atoms with van der Waals surface area (Å²) in [6.45, 7) is 1.55. The van der Waals surface area contributed by atoms with Gasteiger partial charge in [0.25, 0.3) is 0 Å². The van der Waals surface area contributed by atoms with Crippen LogP contribution in [0, 0.1) is 5.82 Å². The van der Waals surface area contributed by atoms with Gasteiger partial charge in [-0.3, -0.25) is 0 Å². The highest BCUT2D eigenvalue weighted by Gasteiger charge is 2.25. The van der Waals surface area contributed by atoms with Crippen LogP contribution in [0.25, 0.3) is 0 Å². The Morgan fingerprint density at radius 3 is 2.93 bits per heavy atom. The zero-order valence-electron chi connectivity index (χ0n) is 8.16. The molecule has 2 rings (SSSR count). The Hall–Kier alpha value is -1.49. The zero-order chi connectivity index (χ0) is 11.0. The lowest BCUT2D eigenvalue weighted by Gasteiger charge is -2.10. The molecule has 4 nitrogen and oxygen atoms in total. The van der Waals surface area contributed by atoms with E-state index in [1.807, 2.05) is 0 Å². The van der Waals surface area contributed by atoms with Crippen molar-refractivity contribution in [2.75, 3.05) is 6.79 Å². The van der Waals surface area contributed by atoms with Crippen LogP contribution in [-0.4, -0.2) is 23.1 Å². The van der Waals surface area contributed by atoms with Crippen LogP contribution in [0.1, 0.15) is 12.5 Å². The first-order chi connectivity index (χ1) is 7.09. The minimum absolute atomic E-state index is 0.00500. The Bertz CT molecular complexity index is 389. The number of aromatic hydroxyl groups is 1. The number of aliphatic hydroxyl groups excluding tert-OH is 1. The molecule has 0 saturated heterocycles. The van der Waals surface area contributed by atoms with E-state index < -0.39 is 17.7 Å². The van der Waals surface area contributed by atoms with E-state index in [0.29, 0.717) is 5.75 Å². The number of fused-ring (bicyclic) bond motifs is 1. The molecular formula is C10H11FO4. The first-order valence-electron chi connectivity index (χ1n) is 4.57. The minimum atomic E-state index is -0.769.